The van der Waals surface area contributed by atoms with E-state index in [9.17, 15) is 0 Å². The van der Waals surface area contributed by atoms with Gasteiger partial charge in [0.1, 0.15) is 11.5 Å². The lowest BCUT2D eigenvalue weighted by molar-refractivity contribution is 0.122. The number of benzene rings is 2. The minimum atomic E-state index is 0.316. The number of hydrogen-bond acceptors (Lipinski definition) is 3. The Labute approximate surface area is 171 Å². The molecule has 3 nitrogen and oxygen atoms in total. The van der Waals surface area contributed by atoms with E-state index in [0.717, 1.165) is 28.5 Å². The maximum absolute atomic E-state index is 6.14. The van der Waals surface area contributed by atoms with Crippen LogP contribution in [0, 0.1) is 6.92 Å². The van der Waals surface area contributed by atoms with Gasteiger partial charge in [-0.3, -0.25) is 4.90 Å². The first-order valence-electron chi connectivity index (χ1n) is 10.1. The first-order valence-corrected chi connectivity index (χ1v) is 10.5. The summed E-state index contributed by atoms with van der Waals surface area (Å²) in [7, 11) is 2.27. The van der Waals surface area contributed by atoms with Gasteiger partial charge in [-0.1, -0.05) is 58.7 Å². The topological polar surface area (TPSA) is 29.3 Å². The predicted molar refractivity (Wildman–Crippen MR) is 113 cm³/mol. The maximum atomic E-state index is 6.14. The second-order valence-electron chi connectivity index (χ2n) is 8.36. The highest BCUT2D eigenvalue weighted by molar-refractivity contribution is 6.30. The monoisotopic (exact) mass is 392 g/mol. The third-order valence-corrected chi connectivity index (χ3v) is 7.02. The molecule has 4 atom stereocenters. The van der Waals surface area contributed by atoms with Gasteiger partial charge in [0.05, 0.1) is 0 Å². The minimum absolute atomic E-state index is 0.316. The zero-order valence-corrected chi connectivity index (χ0v) is 17.1. The Morgan fingerprint density at radius 1 is 1.04 bits per heavy atom. The zero-order valence-electron chi connectivity index (χ0n) is 16.3. The summed E-state index contributed by atoms with van der Waals surface area (Å²) in [6.45, 7) is 2.10. The molecule has 0 spiro atoms. The van der Waals surface area contributed by atoms with Gasteiger partial charge in [0.15, 0.2) is 0 Å². The van der Waals surface area contributed by atoms with E-state index >= 15 is 0 Å². The van der Waals surface area contributed by atoms with E-state index in [1.807, 2.05) is 12.1 Å². The van der Waals surface area contributed by atoms with Crippen LogP contribution in [0.5, 0.6) is 0 Å². The van der Waals surface area contributed by atoms with Crippen molar-refractivity contribution in [2.45, 2.75) is 50.1 Å². The smallest absolute Gasteiger partial charge is 0.142 e. The highest BCUT2D eigenvalue weighted by atomic mass is 35.5. The van der Waals surface area contributed by atoms with Crippen LogP contribution in [0.4, 0.5) is 0 Å². The predicted octanol–water partition coefficient (Wildman–Crippen LogP) is 6.04. The van der Waals surface area contributed by atoms with Crippen LogP contribution in [0.2, 0.25) is 5.02 Å². The number of piperidine rings is 1. The number of rotatable bonds is 3. The molecule has 2 aromatic carbocycles. The van der Waals surface area contributed by atoms with Crippen molar-refractivity contribution < 1.29 is 4.52 Å². The number of likely N-dealkylation sites (N-methyl/N-ethyl adjacent to an activating group) is 1. The Morgan fingerprint density at radius 2 is 1.79 bits per heavy atom. The quantitative estimate of drug-likeness (QED) is 0.544. The van der Waals surface area contributed by atoms with Crippen LogP contribution < -0.4 is 0 Å². The molecule has 3 heterocycles. The second kappa shape index (κ2) is 7.06. The lowest BCUT2D eigenvalue weighted by Gasteiger charge is -2.42. The molecule has 4 heteroatoms. The van der Waals surface area contributed by atoms with Crippen molar-refractivity contribution in [1.29, 1.82) is 0 Å². The minimum Gasteiger partial charge on any atom is -0.360 e. The molecule has 3 aromatic rings. The summed E-state index contributed by atoms with van der Waals surface area (Å²) in [5, 5.41) is 5.22. The molecule has 2 saturated heterocycles. The standard InChI is InChI=1S/C24H25ClN2O/c1-15-3-5-17(6-4-15)21-14-23(28-26-21)24-20(16-7-9-18(25)10-8-16)13-19-11-12-22(24)27(19)2/h3-10,14,19-20,22,24H,11-13H2,1-2H3/t19-,20-,22+,24+/m1/s1. The van der Waals surface area contributed by atoms with E-state index in [1.54, 1.807) is 0 Å². The van der Waals surface area contributed by atoms with E-state index in [4.69, 9.17) is 16.1 Å². The van der Waals surface area contributed by atoms with Gasteiger partial charge >= 0.3 is 0 Å². The Morgan fingerprint density at radius 3 is 2.54 bits per heavy atom. The van der Waals surface area contributed by atoms with Gasteiger partial charge in [-0.15, -0.1) is 0 Å². The van der Waals surface area contributed by atoms with Gasteiger partial charge in [0.25, 0.3) is 0 Å². The van der Waals surface area contributed by atoms with E-state index in [0.29, 0.717) is 23.9 Å². The molecule has 144 valence electrons. The lowest BCUT2D eigenvalue weighted by atomic mass is 9.75. The van der Waals surface area contributed by atoms with Crippen molar-refractivity contribution in [1.82, 2.24) is 10.1 Å². The van der Waals surface area contributed by atoms with E-state index in [-0.39, 0.29) is 0 Å². The van der Waals surface area contributed by atoms with Gasteiger partial charge in [-0.05, 0) is 56.8 Å². The summed E-state index contributed by atoms with van der Waals surface area (Å²) in [4.78, 5) is 2.56. The summed E-state index contributed by atoms with van der Waals surface area (Å²) in [5.41, 5.74) is 4.64. The molecule has 28 heavy (non-hydrogen) atoms. The molecule has 0 radical (unpaired) electrons. The third kappa shape index (κ3) is 3.07. The lowest BCUT2D eigenvalue weighted by Crippen LogP contribution is -2.44. The number of hydrogen-bond donors (Lipinski definition) is 0. The van der Waals surface area contributed by atoms with Crippen LogP contribution in [0.25, 0.3) is 11.3 Å². The van der Waals surface area contributed by atoms with Gasteiger partial charge < -0.3 is 4.52 Å². The maximum Gasteiger partial charge on any atom is 0.142 e. The molecule has 0 aliphatic carbocycles. The van der Waals surface area contributed by atoms with Crippen LogP contribution in [-0.4, -0.2) is 29.2 Å². The summed E-state index contributed by atoms with van der Waals surface area (Å²) in [5.74, 6) is 1.76. The molecule has 2 fully saturated rings. The number of aromatic nitrogens is 1. The highest BCUT2D eigenvalue weighted by Gasteiger charge is 2.48. The summed E-state index contributed by atoms with van der Waals surface area (Å²) >= 11 is 6.14. The molecule has 5 rings (SSSR count). The molecule has 0 saturated carbocycles. The normalized spacial score (nSPS) is 27.2. The van der Waals surface area contributed by atoms with Crippen LogP contribution in [0.15, 0.2) is 59.1 Å². The Balaban J connectivity index is 1.53. The summed E-state index contributed by atoms with van der Waals surface area (Å²) in [6.07, 6.45) is 3.64. The largest absolute Gasteiger partial charge is 0.360 e. The molecule has 0 unspecified atom stereocenters. The van der Waals surface area contributed by atoms with Gasteiger partial charge in [0, 0.05) is 34.7 Å². The fraction of sp³-hybridized carbons (Fsp3) is 0.375. The molecular weight excluding hydrogens is 368 g/mol. The van der Waals surface area contributed by atoms with Gasteiger partial charge in [-0.2, -0.15) is 0 Å². The summed E-state index contributed by atoms with van der Waals surface area (Å²) in [6, 6.07) is 20.2. The fourth-order valence-electron chi connectivity index (χ4n) is 5.21. The average molecular weight is 393 g/mol. The number of fused-ring (bicyclic) bond motifs is 2. The van der Waals surface area contributed by atoms with Crippen LogP contribution >= 0.6 is 11.6 Å². The highest BCUT2D eigenvalue weighted by Crippen LogP contribution is 2.51. The summed E-state index contributed by atoms with van der Waals surface area (Å²) < 4.78 is 5.96. The molecule has 2 aliphatic heterocycles. The van der Waals surface area contributed by atoms with Crippen molar-refractivity contribution in [3.63, 3.8) is 0 Å². The zero-order chi connectivity index (χ0) is 19.3. The second-order valence-corrected chi connectivity index (χ2v) is 8.80. The van der Waals surface area contributed by atoms with E-state index < -0.39 is 0 Å². The van der Waals surface area contributed by atoms with E-state index in [1.165, 1.54) is 24.0 Å². The van der Waals surface area contributed by atoms with Crippen molar-refractivity contribution >= 4 is 11.6 Å². The Kier molecular flexibility index (Phi) is 4.53. The Hall–Kier alpha value is -2.10. The first-order chi connectivity index (χ1) is 13.6. The Bertz CT molecular complexity index is 963. The van der Waals surface area contributed by atoms with Gasteiger partial charge in [0.2, 0.25) is 0 Å². The fourth-order valence-corrected chi connectivity index (χ4v) is 5.34. The van der Waals surface area contributed by atoms with Gasteiger partial charge in [-0.25, -0.2) is 0 Å². The molecular formula is C24H25ClN2O. The van der Waals surface area contributed by atoms with Crippen LogP contribution in [-0.2, 0) is 0 Å². The van der Waals surface area contributed by atoms with Crippen LogP contribution in [0.3, 0.4) is 0 Å². The number of aryl methyl sites for hydroxylation is 1. The van der Waals surface area contributed by atoms with Crippen LogP contribution in [0.1, 0.15) is 48.0 Å². The van der Waals surface area contributed by atoms with Crippen molar-refractivity contribution in [2.24, 2.45) is 0 Å². The molecule has 2 aliphatic rings. The SMILES string of the molecule is Cc1ccc(-c2cc([C@H]3[C@@H](c4ccc(Cl)cc4)C[C@H]4CC[C@@H]3N4C)on2)cc1. The van der Waals surface area contributed by atoms with Crippen molar-refractivity contribution in [2.75, 3.05) is 7.05 Å². The molecule has 2 bridgehead atoms. The number of halogens is 1. The third-order valence-electron chi connectivity index (χ3n) is 6.77. The number of nitrogens with zero attached hydrogens (tertiary/aromatic N) is 2. The van der Waals surface area contributed by atoms with Crippen molar-refractivity contribution in [3.8, 4) is 11.3 Å². The van der Waals surface area contributed by atoms with Crippen molar-refractivity contribution in [3.05, 3.63) is 76.5 Å². The average Bonchev–Trinajstić information content (AvgIpc) is 3.26. The first kappa shape index (κ1) is 18.0. The molecule has 1 aromatic heterocycles. The molecule has 0 N–H and O–H groups in total. The molecule has 0 amide bonds. The van der Waals surface area contributed by atoms with E-state index in [2.05, 4.69) is 66.5 Å².